The molecule has 1 atom stereocenters. The number of aromatic nitrogens is 3. The second-order valence-corrected chi connectivity index (χ2v) is 11.9. The van der Waals surface area contributed by atoms with Crippen LogP contribution in [-0.4, -0.2) is 26.3 Å². The van der Waals surface area contributed by atoms with E-state index in [2.05, 4.69) is 89.6 Å². The lowest BCUT2D eigenvalue weighted by atomic mass is 9.86. The molecule has 0 aliphatic rings. The summed E-state index contributed by atoms with van der Waals surface area (Å²) in [5, 5.41) is 9.88. The Balaban J connectivity index is 1.82. The Morgan fingerprint density at radius 3 is 2.32 bits per heavy atom. The third-order valence-electron chi connectivity index (χ3n) is 6.02. The first kappa shape index (κ1) is 26.7. The lowest BCUT2D eigenvalue weighted by Gasteiger charge is -2.19. The molecule has 1 unspecified atom stereocenters. The van der Waals surface area contributed by atoms with Gasteiger partial charge < -0.3 is 4.57 Å². The van der Waals surface area contributed by atoms with Gasteiger partial charge in [-0.25, -0.2) is 0 Å². The molecule has 182 valence electrons. The number of unbranched alkanes of at least 4 members (excludes halogenated alkanes) is 2. The van der Waals surface area contributed by atoms with Crippen LogP contribution in [0.5, 0.6) is 0 Å². The molecule has 4 nitrogen and oxygen atoms in total. The van der Waals surface area contributed by atoms with E-state index in [0.717, 1.165) is 27.6 Å². The van der Waals surface area contributed by atoms with E-state index in [1.165, 1.54) is 43.0 Å². The number of rotatable bonds is 11. The first-order chi connectivity index (χ1) is 16.2. The fraction of sp³-hybridized carbons (Fsp3) is 0.464. The highest BCUT2D eigenvalue weighted by Gasteiger charge is 2.19. The number of carbonyl (C=O) groups excluding carboxylic acids is 1. The molecule has 0 amide bonds. The summed E-state index contributed by atoms with van der Waals surface area (Å²) in [5.41, 5.74) is 3.18. The molecule has 0 aliphatic carbocycles. The van der Waals surface area contributed by atoms with Gasteiger partial charge in [0.2, 0.25) is 0 Å². The monoisotopic (exact) mass is 541 g/mol. The Morgan fingerprint density at radius 1 is 1.03 bits per heavy atom. The number of carbonyl (C=O) groups is 1. The molecule has 34 heavy (non-hydrogen) atoms. The minimum absolute atomic E-state index is 0.0964. The molecule has 0 N–H and O–H groups in total. The van der Waals surface area contributed by atoms with Crippen molar-refractivity contribution < 1.29 is 4.79 Å². The Labute approximate surface area is 217 Å². The van der Waals surface area contributed by atoms with Gasteiger partial charge in [0.15, 0.2) is 16.8 Å². The number of nitrogens with zero attached hydrogens (tertiary/aromatic N) is 3. The van der Waals surface area contributed by atoms with Crippen LogP contribution in [0.1, 0.15) is 76.2 Å². The summed E-state index contributed by atoms with van der Waals surface area (Å²) < 4.78 is 3.18. The summed E-state index contributed by atoms with van der Waals surface area (Å²) in [4.78, 5) is 12.8. The minimum atomic E-state index is 0.0964. The van der Waals surface area contributed by atoms with Crippen LogP contribution in [0, 0.1) is 5.92 Å². The van der Waals surface area contributed by atoms with Gasteiger partial charge in [-0.2, -0.15) is 0 Å². The number of hydrogen-bond donors (Lipinski definition) is 0. The highest BCUT2D eigenvalue weighted by atomic mass is 79.9. The van der Waals surface area contributed by atoms with E-state index in [1.54, 1.807) is 0 Å². The molecule has 0 radical (unpaired) electrons. The zero-order chi connectivity index (χ0) is 24.7. The first-order valence-corrected chi connectivity index (χ1v) is 13.9. The van der Waals surface area contributed by atoms with E-state index in [1.807, 2.05) is 24.3 Å². The molecule has 3 aromatic rings. The molecule has 0 aliphatic heterocycles. The quantitative estimate of drug-likeness (QED) is 0.139. The van der Waals surface area contributed by atoms with Gasteiger partial charge in [0.05, 0.1) is 5.75 Å². The van der Waals surface area contributed by atoms with E-state index in [-0.39, 0.29) is 11.2 Å². The van der Waals surface area contributed by atoms with Gasteiger partial charge in [0.1, 0.15) is 0 Å². The summed E-state index contributed by atoms with van der Waals surface area (Å²) in [7, 11) is 0. The van der Waals surface area contributed by atoms with Gasteiger partial charge in [-0.05, 0) is 35.4 Å². The van der Waals surface area contributed by atoms with E-state index in [4.69, 9.17) is 0 Å². The van der Waals surface area contributed by atoms with Gasteiger partial charge in [-0.1, -0.05) is 118 Å². The van der Waals surface area contributed by atoms with Crippen molar-refractivity contribution in [3.63, 3.8) is 0 Å². The summed E-state index contributed by atoms with van der Waals surface area (Å²) in [6.45, 7) is 12.0. The summed E-state index contributed by atoms with van der Waals surface area (Å²) in [6, 6.07) is 16.2. The smallest absolute Gasteiger partial charge is 0.191 e. The maximum absolute atomic E-state index is 12.8. The lowest BCUT2D eigenvalue weighted by Crippen LogP contribution is -2.12. The molecular formula is C28H36BrN3OS. The molecule has 0 saturated heterocycles. The summed E-state index contributed by atoms with van der Waals surface area (Å²) in [6.07, 6.45) is 4.90. The Bertz CT molecular complexity index is 1070. The predicted octanol–water partition coefficient (Wildman–Crippen LogP) is 8.20. The minimum Gasteiger partial charge on any atom is -0.302 e. The molecule has 0 saturated carbocycles. The average molecular weight is 543 g/mol. The van der Waals surface area contributed by atoms with Crippen LogP contribution >= 0.6 is 27.7 Å². The largest absolute Gasteiger partial charge is 0.302 e. The van der Waals surface area contributed by atoms with Crippen LogP contribution in [0.2, 0.25) is 0 Å². The van der Waals surface area contributed by atoms with E-state index < -0.39 is 0 Å². The highest BCUT2D eigenvalue weighted by Crippen LogP contribution is 2.29. The third-order valence-corrected chi connectivity index (χ3v) is 7.51. The predicted molar refractivity (Wildman–Crippen MR) is 147 cm³/mol. The standard InChI is InChI=1S/C28H36BrN3OS/c1-6-7-8-9-20(2)18-32-26(22-10-14-23(15-11-22)28(3,4)5)30-31-27(32)34-19-25(33)21-12-16-24(29)17-13-21/h10-17,20H,6-9,18-19H2,1-5H3. The van der Waals surface area contributed by atoms with Gasteiger partial charge in [-0.3, -0.25) is 4.79 Å². The number of halogens is 1. The number of ketones is 1. The van der Waals surface area contributed by atoms with Gasteiger partial charge in [0.25, 0.3) is 0 Å². The molecular weight excluding hydrogens is 506 g/mol. The van der Waals surface area contributed by atoms with Crippen LogP contribution in [0.3, 0.4) is 0 Å². The zero-order valence-corrected chi connectivity index (χ0v) is 23.4. The van der Waals surface area contributed by atoms with Gasteiger partial charge in [-0.15, -0.1) is 10.2 Å². The maximum Gasteiger partial charge on any atom is 0.191 e. The maximum atomic E-state index is 12.8. The van der Waals surface area contributed by atoms with Crippen LogP contribution in [-0.2, 0) is 12.0 Å². The van der Waals surface area contributed by atoms with E-state index in [0.29, 0.717) is 17.2 Å². The van der Waals surface area contributed by atoms with Gasteiger partial charge >= 0.3 is 0 Å². The highest BCUT2D eigenvalue weighted by molar-refractivity contribution is 9.10. The van der Waals surface area contributed by atoms with Crippen molar-refractivity contribution in [1.29, 1.82) is 0 Å². The van der Waals surface area contributed by atoms with Crippen molar-refractivity contribution in [2.24, 2.45) is 5.92 Å². The second kappa shape index (κ2) is 12.2. The molecule has 3 rings (SSSR count). The number of hydrogen-bond acceptors (Lipinski definition) is 4. The van der Waals surface area contributed by atoms with Crippen molar-refractivity contribution in [2.75, 3.05) is 5.75 Å². The molecule has 0 spiro atoms. The summed E-state index contributed by atoms with van der Waals surface area (Å²) >= 11 is 4.90. The Kier molecular flexibility index (Phi) is 9.55. The fourth-order valence-corrected chi connectivity index (χ4v) is 4.99. The zero-order valence-electron chi connectivity index (χ0n) is 21.0. The SMILES string of the molecule is CCCCCC(C)Cn1c(SCC(=O)c2ccc(Br)cc2)nnc1-c1ccc(C(C)(C)C)cc1. The first-order valence-electron chi connectivity index (χ1n) is 12.1. The van der Waals surface area contributed by atoms with Crippen molar-refractivity contribution in [2.45, 2.75) is 77.4 Å². The average Bonchev–Trinajstić information content (AvgIpc) is 3.19. The van der Waals surface area contributed by atoms with Crippen LogP contribution in [0.25, 0.3) is 11.4 Å². The van der Waals surface area contributed by atoms with Crippen molar-refractivity contribution in [3.05, 3.63) is 64.1 Å². The van der Waals surface area contributed by atoms with Crippen LogP contribution in [0.15, 0.2) is 58.2 Å². The fourth-order valence-electron chi connectivity index (χ4n) is 3.89. The number of Topliss-reactive ketones (excluding diaryl/α,β-unsaturated/α-hetero) is 1. The molecule has 2 aromatic carbocycles. The Morgan fingerprint density at radius 2 is 1.71 bits per heavy atom. The van der Waals surface area contributed by atoms with Crippen LogP contribution in [0.4, 0.5) is 0 Å². The topological polar surface area (TPSA) is 47.8 Å². The van der Waals surface area contributed by atoms with Crippen molar-refractivity contribution >= 4 is 33.5 Å². The third kappa shape index (κ3) is 7.29. The molecule has 6 heteroatoms. The molecule has 0 bridgehead atoms. The number of benzene rings is 2. The normalized spacial score (nSPS) is 12.6. The molecule has 1 aromatic heterocycles. The van der Waals surface area contributed by atoms with Gasteiger partial charge in [0, 0.05) is 22.1 Å². The van der Waals surface area contributed by atoms with Crippen molar-refractivity contribution in [1.82, 2.24) is 14.8 Å². The number of thioether (sulfide) groups is 1. The molecule has 1 heterocycles. The van der Waals surface area contributed by atoms with E-state index in [9.17, 15) is 4.79 Å². The van der Waals surface area contributed by atoms with Crippen molar-refractivity contribution in [3.8, 4) is 11.4 Å². The molecule has 0 fully saturated rings. The summed E-state index contributed by atoms with van der Waals surface area (Å²) in [5.74, 6) is 1.82. The lowest BCUT2D eigenvalue weighted by molar-refractivity contribution is 0.102. The second-order valence-electron chi connectivity index (χ2n) is 10.1. The van der Waals surface area contributed by atoms with Crippen LogP contribution < -0.4 is 0 Å². The van der Waals surface area contributed by atoms with E-state index >= 15 is 0 Å². The Hall–Kier alpha value is -1.92.